The van der Waals surface area contributed by atoms with Gasteiger partial charge in [-0.1, -0.05) is 12.1 Å². The summed E-state index contributed by atoms with van der Waals surface area (Å²) in [6, 6.07) is 8.16. The van der Waals surface area contributed by atoms with Crippen molar-refractivity contribution in [3.63, 3.8) is 0 Å². The molecule has 4 nitrogen and oxygen atoms in total. The Labute approximate surface area is 117 Å². The third kappa shape index (κ3) is 6.57. The number of nitrogens with zero attached hydrogens (tertiary/aromatic N) is 2. The van der Waals surface area contributed by atoms with Crippen molar-refractivity contribution in [1.29, 1.82) is 0 Å². The lowest BCUT2D eigenvalue weighted by molar-refractivity contribution is 0.281. The maximum Gasteiger partial charge on any atom is 0.119 e. The van der Waals surface area contributed by atoms with Gasteiger partial charge in [0.15, 0.2) is 0 Å². The highest BCUT2D eigenvalue weighted by molar-refractivity contribution is 5.29. The maximum atomic E-state index is 6.11. The Morgan fingerprint density at radius 2 is 1.68 bits per heavy atom. The molecule has 0 bridgehead atoms. The highest BCUT2D eigenvalue weighted by atomic mass is 16.5. The van der Waals surface area contributed by atoms with Crippen LogP contribution in [-0.2, 0) is 0 Å². The first-order valence-corrected chi connectivity index (χ1v) is 6.77. The van der Waals surface area contributed by atoms with Gasteiger partial charge >= 0.3 is 0 Å². The Morgan fingerprint density at radius 3 is 2.21 bits per heavy atom. The zero-order valence-electron chi connectivity index (χ0n) is 12.6. The van der Waals surface area contributed by atoms with Crippen LogP contribution in [0.5, 0.6) is 5.75 Å². The summed E-state index contributed by atoms with van der Waals surface area (Å²) in [5, 5.41) is 0. The predicted octanol–water partition coefficient (Wildman–Crippen LogP) is 1.58. The second-order valence-electron chi connectivity index (χ2n) is 5.44. The summed E-state index contributed by atoms with van der Waals surface area (Å²) in [4.78, 5) is 4.25. The molecule has 0 heterocycles. The number of rotatable bonds is 8. The largest absolute Gasteiger partial charge is 0.494 e. The van der Waals surface area contributed by atoms with Crippen molar-refractivity contribution in [3.05, 3.63) is 29.8 Å². The van der Waals surface area contributed by atoms with Crippen molar-refractivity contribution in [2.75, 3.05) is 47.9 Å². The molecule has 1 unspecified atom stereocenters. The van der Waals surface area contributed by atoms with Gasteiger partial charge in [0.2, 0.25) is 0 Å². The van der Waals surface area contributed by atoms with E-state index in [9.17, 15) is 0 Å². The molecule has 19 heavy (non-hydrogen) atoms. The molecule has 0 saturated heterocycles. The second kappa shape index (κ2) is 8.15. The molecule has 0 amide bonds. The fourth-order valence-electron chi connectivity index (χ4n) is 1.88. The molecule has 0 radical (unpaired) electrons. The predicted molar refractivity (Wildman–Crippen MR) is 80.6 cm³/mol. The van der Waals surface area contributed by atoms with Crippen LogP contribution in [0.25, 0.3) is 0 Å². The van der Waals surface area contributed by atoms with Crippen LogP contribution in [0.3, 0.4) is 0 Å². The Bertz CT molecular complexity index is 349. The molecule has 108 valence electrons. The molecule has 0 aliphatic heterocycles. The number of nitrogens with two attached hydrogens (primary N) is 1. The minimum atomic E-state index is 0.0535. The Balaban J connectivity index is 2.39. The van der Waals surface area contributed by atoms with Gasteiger partial charge in [-0.05, 0) is 52.3 Å². The minimum Gasteiger partial charge on any atom is -0.494 e. The normalized spacial score (nSPS) is 13.0. The van der Waals surface area contributed by atoms with Crippen molar-refractivity contribution in [2.24, 2.45) is 5.73 Å². The molecule has 0 fully saturated rings. The van der Waals surface area contributed by atoms with Gasteiger partial charge in [0, 0.05) is 19.1 Å². The average Bonchev–Trinajstić information content (AvgIpc) is 2.34. The SMILES string of the molecule is CN(C)CCCOc1ccc(C(N)CN(C)C)cc1. The number of hydrogen-bond donors (Lipinski definition) is 1. The van der Waals surface area contributed by atoms with Crippen molar-refractivity contribution in [3.8, 4) is 5.75 Å². The summed E-state index contributed by atoms with van der Waals surface area (Å²) in [5.41, 5.74) is 7.26. The third-order valence-corrected chi connectivity index (χ3v) is 2.89. The van der Waals surface area contributed by atoms with Crippen LogP contribution in [0.1, 0.15) is 18.0 Å². The van der Waals surface area contributed by atoms with Crippen molar-refractivity contribution in [1.82, 2.24) is 9.80 Å². The first-order chi connectivity index (χ1) is 8.99. The second-order valence-corrected chi connectivity index (χ2v) is 5.44. The summed E-state index contributed by atoms with van der Waals surface area (Å²) in [7, 11) is 8.20. The van der Waals surface area contributed by atoms with Gasteiger partial charge in [0.25, 0.3) is 0 Å². The van der Waals surface area contributed by atoms with Gasteiger partial charge in [0.05, 0.1) is 6.61 Å². The van der Waals surface area contributed by atoms with E-state index in [0.717, 1.165) is 37.4 Å². The minimum absolute atomic E-state index is 0.0535. The van der Waals surface area contributed by atoms with E-state index >= 15 is 0 Å². The highest BCUT2D eigenvalue weighted by Gasteiger charge is 2.07. The molecule has 1 aromatic carbocycles. The molecule has 0 aromatic heterocycles. The van der Waals surface area contributed by atoms with Crippen LogP contribution in [0.15, 0.2) is 24.3 Å². The smallest absolute Gasteiger partial charge is 0.119 e. The Morgan fingerprint density at radius 1 is 1.05 bits per heavy atom. The Kier molecular flexibility index (Phi) is 6.84. The number of benzene rings is 1. The lowest BCUT2D eigenvalue weighted by atomic mass is 10.1. The summed E-state index contributed by atoms with van der Waals surface area (Å²) in [5.74, 6) is 0.916. The Hall–Kier alpha value is -1.10. The fourth-order valence-corrected chi connectivity index (χ4v) is 1.88. The van der Waals surface area contributed by atoms with E-state index in [2.05, 4.69) is 36.0 Å². The monoisotopic (exact) mass is 265 g/mol. The topological polar surface area (TPSA) is 41.7 Å². The molecule has 2 N–H and O–H groups in total. The van der Waals surface area contributed by atoms with E-state index in [4.69, 9.17) is 10.5 Å². The van der Waals surface area contributed by atoms with Gasteiger partial charge in [-0.15, -0.1) is 0 Å². The van der Waals surface area contributed by atoms with Crippen molar-refractivity contribution in [2.45, 2.75) is 12.5 Å². The third-order valence-electron chi connectivity index (χ3n) is 2.89. The first kappa shape index (κ1) is 16.0. The zero-order chi connectivity index (χ0) is 14.3. The quantitative estimate of drug-likeness (QED) is 0.725. The molecule has 1 aromatic rings. The highest BCUT2D eigenvalue weighted by Crippen LogP contribution is 2.17. The maximum absolute atomic E-state index is 6.11. The summed E-state index contributed by atoms with van der Waals surface area (Å²) in [6.45, 7) is 2.65. The van der Waals surface area contributed by atoms with E-state index < -0.39 is 0 Å². The van der Waals surface area contributed by atoms with Gasteiger partial charge in [-0.25, -0.2) is 0 Å². The van der Waals surface area contributed by atoms with Crippen LogP contribution >= 0.6 is 0 Å². The summed E-state index contributed by atoms with van der Waals surface area (Å²) in [6.07, 6.45) is 1.04. The molecular formula is C15H27N3O. The molecular weight excluding hydrogens is 238 g/mol. The summed E-state index contributed by atoms with van der Waals surface area (Å²) < 4.78 is 5.69. The molecule has 0 saturated carbocycles. The van der Waals surface area contributed by atoms with Crippen LogP contribution in [0.4, 0.5) is 0 Å². The van der Waals surface area contributed by atoms with Crippen LogP contribution in [0.2, 0.25) is 0 Å². The first-order valence-electron chi connectivity index (χ1n) is 6.77. The number of likely N-dealkylation sites (N-methyl/N-ethyl adjacent to an activating group) is 1. The van der Waals surface area contributed by atoms with Crippen LogP contribution < -0.4 is 10.5 Å². The molecule has 0 aliphatic rings. The van der Waals surface area contributed by atoms with Gasteiger partial charge in [-0.3, -0.25) is 0 Å². The summed E-state index contributed by atoms with van der Waals surface area (Å²) >= 11 is 0. The molecule has 1 rings (SSSR count). The standard InChI is InChI=1S/C15H27N3O/c1-17(2)10-5-11-19-14-8-6-13(7-9-14)15(16)12-18(3)4/h6-9,15H,5,10-12,16H2,1-4H3. The molecule has 1 atom stereocenters. The van der Waals surface area contributed by atoms with Crippen LogP contribution in [-0.4, -0.2) is 57.7 Å². The number of hydrogen-bond acceptors (Lipinski definition) is 4. The lowest BCUT2D eigenvalue weighted by Gasteiger charge is -2.17. The number of ether oxygens (including phenoxy) is 1. The van der Waals surface area contributed by atoms with E-state index in [-0.39, 0.29) is 6.04 Å². The fraction of sp³-hybridized carbons (Fsp3) is 0.600. The molecule has 0 spiro atoms. The molecule has 0 aliphatic carbocycles. The van der Waals surface area contributed by atoms with Gasteiger partial charge < -0.3 is 20.3 Å². The molecule has 4 heteroatoms. The van der Waals surface area contributed by atoms with Crippen LogP contribution in [0, 0.1) is 0 Å². The van der Waals surface area contributed by atoms with E-state index in [1.165, 1.54) is 0 Å². The van der Waals surface area contributed by atoms with Crippen molar-refractivity contribution >= 4 is 0 Å². The average molecular weight is 265 g/mol. The van der Waals surface area contributed by atoms with E-state index in [1.807, 2.05) is 26.2 Å². The van der Waals surface area contributed by atoms with E-state index in [0.29, 0.717) is 0 Å². The van der Waals surface area contributed by atoms with E-state index in [1.54, 1.807) is 0 Å². The zero-order valence-corrected chi connectivity index (χ0v) is 12.6. The van der Waals surface area contributed by atoms with Gasteiger partial charge in [-0.2, -0.15) is 0 Å². The van der Waals surface area contributed by atoms with Crippen molar-refractivity contribution < 1.29 is 4.74 Å². The van der Waals surface area contributed by atoms with Gasteiger partial charge in [0.1, 0.15) is 5.75 Å². The lowest BCUT2D eigenvalue weighted by Crippen LogP contribution is -2.25.